The maximum atomic E-state index is 10.7. The van der Waals surface area contributed by atoms with Crippen molar-refractivity contribution in [2.75, 3.05) is 13.7 Å². The molecule has 144 valence electrons. The first kappa shape index (κ1) is 24.1. The van der Waals surface area contributed by atoms with Gasteiger partial charge in [0.2, 0.25) is 0 Å². The van der Waals surface area contributed by atoms with E-state index in [9.17, 15) is 4.79 Å². The highest BCUT2D eigenvalue weighted by molar-refractivity contribution is 6.30. The number of aliphatic hydroxyl groups excluding tert-OH is 2. The van der Waals surface area contributed by atoms with Crippen molar-refractivity contribution in [3.63, 3.8) is 0 Å². The monoisotopic (exact) mass is 380 g/mol. The number of Topliss-reactive ketones (excluding diaryl/α,β-unsaturated/α-hetero) is 1. The van der Waals surface area contributed by atoms with Gasteiger partial charge in [0.15, 0.2) is 0 Å². The Hall–Kier alpha value is -1.88. The van der Waals surface area contributed by atoms with Gasteiger partial charge in [-0.3, -0.25) is 4.79 Å². The van der Waals surface area contributed by atoms with E-state index < -0.39 is 0 Å². The summed E-state index contributed by atoms with van der Waals surface area (Å²) in [5, 5.41) is 16.2. The zero-order valence-corrected chi connectivity index (χ0v) is 16.9. The first-order valence-corrected chi connectivity index (χ1v) is 8.69. The third kappa shape index (κ3) is 9.56. The third-order valence-electron chi connectivity index (χ3n) is 3.76. The Kier molecular flexibility index (Phi) is 11.6. The summed E-state index contributed by atoms with van der Waals surface area (Å²) in [5.74, 6) is 1.77. The second-order valence-electron chi connectivity index (χ2n) is 6.28. The SMILES string of the molecule is CC(=O)C(C)(C)CCO.CO.Cc1ccc(Oc2ccc(Cl)cc2)cc1. The highest BCUT2D eigenvalue weighted by atomic mass is 35.5. The molecule has 0 fully saturated rings. The fraction of sp³-hybridized carbons (Fsp3) is 0.381. The van der Waals surface area contributed by atoms with Crippen molar-refractivity contribution in [2.24, 2.45) is 5.41 Å². The van der Waals surface area contributed by atoms with Crippen molar-refractivity contribution in [2.45, 2.75) is 34.1 Å². The predicted molar refractivity (Wildman–Crippen MR) is 107 cm³/mol. The van der Waals surface area contributed by atoms with Gasteiger partial charge in [0.05, 0.1) is 0 Å². The molecule has 0 bridgehead atoms. The van der Waals surface area contributed by atoms with Crippen LogP contribution in [0.3, 0.4) is 0 Å². The van der Waals surface area contributed by atoms with Crippen LogP contribution in [-0.4, -0.2) is 29.7 Å². The van der Waals surface area contributed by atoms with E-state index in [1.54, 1.807) is 6.92 Å². The number of ketones is 1. The lowest BCUT2D eigenvalue weighted by atomic mass is 9.86. The molecule has 0 saturated heterocycles. The molecule has 2 aromatic carbocycles. The van der Waals surface area contributed by atoms with Crippen LogP contribution in [-0.2, 0) is 4.79 Å². The number of carbonyl (C=O) groups is 1. The molecule has 0 unspecified atom stereocenters. The van der Waals surface area contributed by atoms with Crippen molar-refractivity contribution in [1.82, 2.24) is 0 Å². The van der Waals surface area contributed by atoms with Gasteiger partial charge in [-0.05, 0) is 56.7 Å². The number of aliphatic hydroxyl groups is 2. The number of hydrogen-bond acceptors (Lipinski definition) is 4. The van der Waals surface area contributed by atoms with Gasteiger partial charge in [-0.25, -0.2) is 0 Å². The second kappa shape index (κ2) is 12.5. The van der Waals surface area contributed by atoms with Gasteiger partial charge in [0, 0.05) is 24.2 Å². The minimum Gasteiger partial charge on any atom is -0.457 e. The molecule has 0 aliphatic carbocycles. The van der Waals surface area contributed by atoms with Crippen LogP contribution in [0.4, 0.5) is 0 Å². The van der Waals surface area contributed by atoms with Gasteiger partial charge >= 0.3 is 0 Å². The second-order valence-corrected chi connectivity index (χ2v) is 6.72. The summed E-state index contributed by atoms with van der Waals surface area (Å²) in [6.45, 7) is 7.37. The number of halogens is 1. The first-order chi connectivity index (χ1) is 12.2. The number of hydrogen-bond donors (Lipinski definition) is 2. The number of rotatable bonds is 5. The average molecular weight is 381 g/mol. The largest absolute Gasteiger partial charge is 0.457 e. The van der Waals surface area contributed by atoms with Crippen LogP contribution in [0.1, 0.15) is 32.8 Å². The van der Waals surface area contributed by atoms with Crippen LogP contribution in [0, 0.1) is 12.3 Å². The van der Waals surface area contributed by atoms with E-state index in [1.807, 2.05) is 69.3 Å². The van der Waals surface area contributed by atoms with Gasteiger partial charge in [0.1, 0.15) is 17.3 Å². The average Bonchev–Trinajstić information content (AvgIpc) is 2.61. The molecule has 26 heavy (non-hydrogen) atoms. The summed E-state index contributed by atoms with van der Waals surface area (Å²) < 4.78 is 5.63. The Morgan fingerprint density at radius 3 is 1.77 bits per heavy atom. The summed E-state index contributed by atoms with van der Waals surface area (Å²) in [6, 6.07) is 15.3. The van der Waals surface area contributed by atoms with Gasteiger partial charge in [-0.15, -0.1) is 0 Å². The van der Waals surface area contributed by atoms with E-state index in [4.69, 9.17) is 26.6 Å². The molecule has 2 rings (SSSR count). The Balaban J connectivity index is 0.000000492. The molecule has 0 aromatic heterocycles. The maximum Gasteiger partial charge on any atom is 0.135 e. The molecular formula is C21H29ClO4. The molecule has 0 aliphatic heterocycles. The third-order valence-corrected chi connectivity index (χ3v) is 4.01. The molecule has 2 aromatic rings. The smallest absolute Gasteiger partial charge is 0.135 e. The van der Waals surface area contributed by atoms with Crippen molar-refractivity contribution < 1.29 is 19.7 Å². The Morgan fingerprint density at radius 1 is 1.00 bits per heavy atom. The summed E-state index contributed by atoms with van der Waals surface area (Å²) >= 11 is 5.78. The number of ether oxygens (including phenoxy) is 1. The maximum absolute atomic E-state index is 10.7. The Labute approximate surface area is 161 Å². The van der Waals surface area contributed by atoms with Crippen molar-refractivity contribution in [1.29, 1.82) is 0 Å². The fourth-order valence-corrected chi connectivity index (χ4v) is 1.83. The lowest BCUT2D eigenvalue weighted by molar-refractivity contribution is -0.125. The molecule has 0 atom stereocenters. The first-order valence-electron chi connectivity index (χ1n) is 8.31. The molecule has 0 radical (unpaired) electrons. The Bertz CT molecular complexity index is 591. The van der Waals surface area contributed by atoms with Crippen LogP contribution in [0.25, 0.3) is 0 Å². The van der Waals surface area contributed by atoms with E-state index in [0.717, 1.165) is 18.6 Å². The minimum atomic E-state index is -0.339. The summed E-state index contributed by atoms with van der Waals surface area (Å²) in [4.78, 5) is 10.7. The normalized spacial score (nSPS) is 10.0. The fourth-order valence-electron chi connectivity index (χ4n) is 1.70. The molecule has 0 amide bonds. The standard InChI is InChI=1S/C13H11ClO.C7H14O2.CH4O/c1-10-2-6-12(7-3-10)15-13-8-4-11(14)5-9-13;1-6(9)7(2,3)4-5-8;1-2/h2-9H,1H3;8H,4-5H2,1-3H3;2H,1H3. The molecule has 0 aliphatic rings. The van der Waals surface area contributed by atoms with Crippen LogP contribution < -0.4 is 4.74 Å². The lowest BCUT2D eigenvalue weighted by Gasteiger charge is -2.18. The Morgan fingerprint density at radius 2 is 1.42 bits per heavy atom. The summed E-state index contributed by atoms with van der Waals surface area (Å²) in [7, 11) is 1.00. The molecule has 2 N–H and O–H groups in total. The molecule has 0 saturated carbocycles. The number of benzene rings is 2. The number of aryl methyl sites for hydroxylation is 1. The topological polar surface area (TPSA) is 66.8 Å². The zero-order chi connectivity index (χ0) is 20.2. The van der Waals surface area contributed by atoms with E-state index in [0.29, 0.717) is 11.4 Å². The van der Waals surface area contributed by atoms with Crippen LogP contribution in [0.2, 0.25) is 5.02 Å². The molecule has 0 spiro atoms. The van der Waals surface area contributed by atoms with Crippen LogP contribution in [0.15, 0.2) is 48.5 Å². The molecule has 4 nitrogen and oxygen atoms in total. The quantitative estimate of drug-likeness (QED) is 0.763. The van der Waals surface area contributed by atoms with E-state index in [-0.39, 0.29) is 17.8 Å². The van der Waals surface area contributed by atoms with Gasteiger partial charge < -0.3 is 14.9 Å². The highest BCUT2D eigenvalue weighted by Crippen LogP contribution is 2.23. The van der Waals surface area contributed by atoms with Crippen molar-refractivity contribution in [3.05, 3.63) is 59.1 Å². The predicted octanol–water partition coefficient (Wildman–Crippen LogP) is 5.03. The minimum absolute atomic E-state index is 0.0899. The zero-order valence-electron chi connectivity index (χ0n) is 16.1. The van der Waals surface area contributed by atoms with Crippen LogP contribution in [0.5, 0.6) is 11.5 Å². The molecular weight excluding hydrogens is 352 g/mol. The van der Waals surface area contributed by atoms with Crippen LogP contribution >= 0.6 is 11.6 Å². The highest BCUT2D eigenvalue weighted by Gasteiger charge is 2.21. The van der Waals surface area contributed by atoms with E-state index in [2.05, 4.69) is 0 Å². The van der Waals surface area contributed by atoms with Gasteiger partial charge in [-0.1, -0.05) is 43.1 Å². The molecule has 5 heteroatoms. The van der Waals surface area contributed by atoms with Gasteiger partial charge in [-0.2, -0.15) is 0 Å². The summed E-state index contributed by atoms with van der Waals surface area (Å²) in [6.07, 6.45) is 0.558. The molecule has 0 heterocycles. The van der Waals surface area contributed by atoms with E-state index >= 15 is 0 Å². The van der Waals surface area contributed by atoms with E-state index in [1.165, 1.54) is 5.56 Å². The van der Waals surface area contributed by atoms with Crippen molar-refractivity contribution in [3.8, 4) is 11.5 Å². The lowest BCUT2D eigenvalue weighted by Crippen LogP contribution is -2.22. The number of carbonyl (C=O) groups excluding carboxylic acids is 1. The van der Waals surface area contributed by atoms with Gasteiger partial charge in [0.25, 0.3) is 0 Å². The summed E-state index contributed by atoms with van der Waals surface area (Å²) in [5.41, 5.74) is 0.882. The van der Waals surface area contributed by atoms with Crippen molar-refractivity contribution >= 4 is 17.4 Å².